The van der Waals surface area contributed by atoms with E-state index in [1.807, 2.05) is 0 Å². The molecular formula is C28H44ClF2N3O4. The van der Waals surface area contributed by atoms with Crippen LogP contribution < -0.4 is 16.0 Å². The van der Waals surface area contributed by atoms with Crippen LogP contribution in [0.15, 0.2) is 0 Å². The lowest BCUT2D eigenvalue weighted by Crippen LogP contribution is -2.71. The predicted octanol–water partition coefficient (Wildman–Crippen LogP) is 3.45. The number of hydrogen-bond donors (Lipinski definition) is 4. The van der Waals surface area contributed by atoms with Gasteiger partial charge in [-0.3, -0.25) is 9.59 Å². The molecule has 6 unspecified atom stereocenters. The number of fused-ring (bicyclic) bond motifs is 3. The van der Waals surface area contributed by atoms with Crippen LogP contribution in [0.1, 0.15) is 89.9 Å². The number of amides is 2. The maximum Gasteiger partial charge on any atom is 0.246 e. The third-order valence-electron chi connectivity index (χ3n) is 10.3. The first kappa shape index (κ1) is 28.5. The number of aliphatic hydroxyl groups is 1. The summed E-state index contributed by atoms with van der Waals surface area (Å²) >= 11 is 5.93. The van der Waals surface area contributed by atoms with Crippen LogP contribution >= 0.6 is 11.6 Å². The molecule has 5 saturated carbocycles. The van der Waals surface area contributed by atoms with Crippen molar-refractivity contribution >= 4 is 23.4 Å². The van der Waals surface area contributed by atoms with Gasteiger partial charge in [0.05, 0.1) is 29.2 Å². The Bertz CT molecular complexity index is 842. The van der Waals surface area contributed by atoms with Gasteiger partial charge in [0.15, 0.2) is 0 Å². The Balaban J connectivity index is 1.06. The molecule has 1 aliphatic heterocycles. The minimum atomic E-state index is -1.12. The van der Waals surface area contributed by atoms with Crippen molar-refractivity contribution in [3.63, 3.8) is 0 Å². The highest BCUT2D eigenvalue weighted by Gasteiger charge is 2.55. The minimum Gasteiger partial charge on any atom is -0.391 e. The number of rotatable bonds is 7. The Kier molecular flexibility index (Phi) is 8.87. The molecule has 10 heteroatoms. The summed E-state index contributed by atoms with van der Waals surface area (Å²) in [6, 6.07) is -0.237. The van der Waals surface area contributed by atoms with E-state index in [0.29, 0.717) is 69.6 Å². The lowest BCUT2D eigenvalue weighted by Gasteiger charge is -2.56. The molecule has 0 aromatic rings. The fourth-order valence-electron chi connectivity index (χ4n) is 7.77. The monoisotopic (exact) mass is 559 g/mol. The molecule has 216 valence electrons. The average molecular weight is 560 g/mol. The Hall–Kier alpha value is -1.03. The van der Waals surface area contributed by atoms with Crippen molar-refractivity contribution in [2.45, 2.75) is 137 Å². The van der Waals surface area contributed by atoms with Gasteiger partial charge in [0.2, 0.25) is 11.8 Å². The zero-order valence-corrected chi connectivity index (χ0v) is 23.0. The molecule has 1 saturated heterocycles. The number of hydrogen-bond acceptors (Lipinski definition) is 5. The average Bonchev–Trinajstić information content (AvgIpc) is 2.91. The van der Waals surface area contributed by atoms with Crippen LogP contribution in [0.3, 0.4) is 0 Å². The predicted molar refractivity (Wildman–Crippen MR) is 140 cm³/mol. The van der Waals surface area contributed by atoms with Crippen LogP contribution in [0.25, 0.3) is 0 Å². The van der Waals surface area contributed by atoms with E-state index in [1.165, 1.54) is 0 Å². The lowest BCUT2D eigenvalue weighted by atomic mass is 9.59. The highest BCUT2D eigenvalue weighted by molar-refractivity contribution is 6.21. The van der Waals surface area contributed by atoms with Gasteiger partial charge in [0.25, 0.3) is 0 Å². The first-order valence-corrected chi connectivity index (χ1v) is 15.2. The second kappa shape index (κ2) is 11.8. The van der Waals surface area contributed by atoms with Gasteiger partial charge in [-0.2, -0.15) is 0 Å². The number of carbonyl (C=O) groups excluding carboxylic acids is 2. The molecule has 6 rings (SSSR count). The van der Waals surface area contributed by atoms with Crippen molar-refractivity contribution in [2.75, 3.05) is 13.2 Å². The zero-order chi connectivity index (χ0) is 26.9. The van der Waals surface area contributed by atoms with Gasteiger partial charge in [-0.1, -0.05) is 0 Å². The van der Waals surface area contributed by atoms with E-state index in [0.717, 1.165) is 32.2 Å². The molecule has 0 aromatic carbocycles. The summed E-state index contributed by atoms with van der Waals surface area (Å²) in [6.45, 7) is 0.635. The van der Waals surface area contributed by atoms with Crippen molar-refractivity contribution in [2.24, 2.45) is 11.8 Å². The molecule has 2 amide bonds. The molecule has 4 N–H and O–H groups in total. The molecule has 38 heavy (non-hydrogen) atoms. The van der Waals surface area contributed by atoms with E-state index >= 15 is 0 Å². The molecule has 1 heterocycles. The van der Waals surface area contributed by atoms with Gasteiger partial charge in [0, 0.05) is 12.0 Å². The summed E-state index contributed by atoms with van der Waals surface area (Å²) in [6.07, 6.45) is 6.49. The molecule has 0 spiro atoms. The van der Waals surface area contributed by atoms with Gasteiger partial charge in [-0.15, -0.1) is 11.6 Å². The number of alkyl halides is 3. The first-order valence-electron chi connectivity index (χ1n) is 14.8. The molecule has 2 bridgehead atoms. The quantitative estimate of drug-likeness (QED) is 0.358. The second-order valence-corrected chi connectivity index (χ2v) is 13.3. The number of ether oxygens (including phenoxy) is 1. The third-order valence-corrected chi connectivity index (χ3v) is 10.8. The van der Waals surface area contributed by atoms with E-state index in [4.69, 9.17) is 16.3 Å². The molecule has 6 fully saturated rings. The van der Waals surface area contributed by atoms with E-state index in [2.05, 4.69) is 16.0 Å². The number of nitrogens with one attached hydrogen (secondary N) is 3. The van der Waals surface area contributed by atoms with Gasteiger partial charge in [-0.05, 0) is 102 Å². The second-order valence-electron chi connectivity index (χ2n) is 12.8. The van der Waals surface area contributed by atoms with Crippen LogP contribution in [-0.4, -0.2) is 77.1 Å². The normalized spacial score (nSPS) is 45.4. The largest absolute Gasteiger partial charge is 0.391 e. The smallest absolute Gasteiger partial charge is 0.246 e. The molecule has 0 radical (unpaired) electrons. The fourth-order valence-corrected chi connectivity index (χ4v) is 8.00. The SMILES string of the molecule is O=C(COC1CCC(Cl)C(F)C1)NC12CCC(NC(=O)C3CCC(C4CCC(F)CC4)CN3)(CC1)CC2O. The van der Waals surface area contributed by atoms with Crippen LogP contribution in [0.2, 0.25) is 0 Å². The first-order chi connectivity index (χ1) is 18.2. The summed E-state index contributed by atoms with van der Waals surface area (Å²) in [5.74, 6) is 0.761. The number of aliphatic hydroxyl groups excluding tert-OH is 1. The van der Waals surface area contributed by atoms with E-state index in [9.17, 15) is 23.5 Å². The van der Waals surface area contributed by atoms with Gasteiger partial charge < -0.3 is 25.8 Å². The van der Waals surface area contributed by atoms with Gasteiger partial charge in [0.1, 0.15) is 19.0 Å². The number of halogens is 3. The van der Waals surface area contributed by atoms with Crippen LogP contribution in [0, 0.1) is 11.8 Å². The minimum absolute atomic E-state index is 0.00668. The Morgan fingerprint density at radius 2 is 1.66 bits per heavy atom. The third kappa shape index (κ3) is 6.31. The van der Waals surface area contributed by atoms with Crippen LogP contribution in [0.5, 0.6) is 0 Å². The summed E-state index contributed by atoms with van der Waals surface area (Å²) in [5.41, 5.74) is -1.16. The maximum absolute atomic E-state index is 13.9. The fraction of sp³-hybridized carbons (Fsp3) is 0.929. The van der Waals surface area contributed by atoms with Gasteiger partial charge >= 0.3 is 0 Å². The summed E-state index contributed by atoms with van der Waals surface area (Å²) < 4.78 is 33.0. The Morgan fingerprint density at radius 3 is 2.29 bits per heavy atom. The molecule has 7 nitrogen and oxygen atoms in total. The highest BCUT2D eigenvalue weighted by Crippen LogP contribution is 2.47. The standard InChI is InChI=1S/C28H44ClF2N3O4/c29-21-7-6-20(13-22(21)31)38-16-25(36)33-28-11-9-27(10-12-28,14-24(28)35)34-26(37)23-8-3-18(15-32-23)17-1-4-19(30)5-2-17/h17-24,32,35H,1-16H2,(H,33,36)(H,34,37). The zero-order valence-electron chi connectivity index (χ0n) is 22.2. The molecule has 6 atom stereocenters. The van der Waals surface area contributed by atoms with E-state index < -0.39 is 34.9 Å². The van der Waals surface area contributed by atoms with Crippen molar-refractivity contribution in [3.8, 4) is 0 Å². The molecule has 5 aliphatic carbocycles. The number of piperidine rings is 1. The maximum atomic E-state index is 13.9. The topological polar surface area (TPSA) is 99.7 Å². The Morgan fingerprint density at radius 1 is 0.947 bits per heavy atom. The number of carbonyl (C=O) groups is 2. The van der Waals surface area contributed by atoms with E-state index in [-0.39, 0.29) is 37.0 Å². The van der Waals surface area contributed by atoms with Crippen molar-refractivity contribution in [3.05, 3.63) is 0 Å². The van der Waals surface area contributed by atoms with Crippen molar-refractivity contribution in [1.82, 2.24) is 16.0 Å². The van der Waals surface area contributed by atoms with Gasteiger partial charge in [-0.25, -0.2) is 8.78 Å². The van der Waals surface area contributed by atoms with E-state index in [1.54, 1.807) is 0 Å². The van der Waals surface area contributed by atoms with Crippen molar-refractivity contribution < 1.29 is 28.2 Å². The van der Waals surface area contributed by atoms with Crippen LogP contribution in [-0.2, 0) is 14.3 Å². The summed E-state index contributed by atoms with van der Waals surface area (Å²) in [4.78, 5) is 25.9. The van der Waals surface area contributed by atoms with Crippen LogP contribution in [0.4, 0.5) is 8.78 Å². The highest BCUT2D eigenvalue weighted by atomic mass is 35.5. The Labute approximate surface area is 229 Å². The summed E-state index contributed by atoms with van der Waals surface area (Å²) in [7, 11) is 0. The van der Waals surface area contributed by atoms with Crippen molar-refractivity contribution in [1.29, 1.82) is 0 Å². The molecular weight excluding hydrogens is 516 g/mol. The summed E-state index contributed by atoms with van der Waals surface area (Å²) in [5, 5.41) is 20.3. The molecule has 6 aliphatic rings. The lowest BCUT2D eigenvalue weighted by molar-refractivity contribution is -0.140. The molecule has 0 aromatic heterocycles.